The van der Waals surface area contributed by atoms with Crippen molar-refractivity contribution in [3.8, 4) is 0 Å². The predicted molar refractivity (Wildman–Crippen MR) is 98.2 cm³/mol. The van der Waals surface area contributed by atoms with Gasteiger partial charge in [0.05, 0.1) is 23.3 Å². The molecule has 3 aliphatic heterocycles. The van der Waals surface area contributed by atoms with Gasteiger partial charge in [0.25, 0.3) is 0 Å². The molecule has 1 aromatic heterocycles. The zero-order chi connectivity index (χ0) is 20.1. The lowest BCUT2D eigenvalue weighted by Gasteiger charge is -2.56. The number of halogens is 3. The Labute approximate surface area is 160 Å². The Morgan fingerprint density at radius 3 is 2.46 bits per heavy atom. The molecule has 3 saturated heterocycles. The molecule has 2 amide bonds. The van der Waals surface area contributed by atoms with Crippen molar-refractivity contribution < 1.29 is 18.0 Å². The fourth-order valence-electron chi connectivity index (χ4n) is 4.01. The molecule has 0 aliphatic carbocycles. The highest BCUT2D eigenvalue weighted by atomic mass is 19.4. The summed E-state index contributed by atoms with van der Waals surface area (Å²) in [5.74, 6) is 1.51. The van der Waals surface area contributed by atoms with E-state index in [-0.39, 0.29) is 17.8 Å². The molecule has 1 N–H and O–H groups in total. The Morgan fingerprint density at radius 1 is 1.14 bits per heavy atom. The van der Waals surface area contributed by atoms with E-state index in [1.165, 1.54) is 18.2 Å². The number of hydrogen-bond donors (Lipinski definition) is 1. The molecule has 148 valence electrons. The van der Waals surface area contributed by atoms with Crippen LogP contribution in [0.15, 0.2) is 30.3 Å². The van der Waals surface area contributed by atoms with Crippen molar-refractivity contribution in [3.05, 3.63) is 47.4 Å². The van der Waals surface area contributed by atoms with Crippen LogP contribution in [-0.2, 0) is 6.18 Å². The number of piperazine rings is 1. The van der Waals surface area contributed by atoms with Crippen LogP contribution in [0, 0.1) is 13.8 Å². The van der Waals surface area contributed by atoms with E-state index in [0.29, 0.717) is 18.9 Å². The van der Waals surface area contributed by atoms with E-state index in [1.54, 1.807) is 4.90 Å². The Morgan fingerprint density at radius 2 is 1.82 bits per heavy atom. The van der Waals surface area contributed by atoms with Crippen LogP contribution in [0.5, 0.6) is 0 Å². The van der Waals surface area contributed by atoms with Gasteiger partial charge < -0.3 is 15.1 Å². The Kier molecular flexibility index (Phi) is 4.40. The lowest BCUT2D eigenvalue weighted by molar-refractivity contribution is -0.136. The number of carbonyl (C=O) groups is 1. The smallest absolute Gasteiger partial charge is 0.352 e. The summed E-state index contributed by atoms with van der Waals surface area (Å²) in [4.78, 5) is 25.1. The highest BCUT2D eigenvalue weighted by Crippen LogP contribution is 2.37. The molecule has 1 aromatic carbocycles. The molecule has 2 bridgehead atoms. The topological polar surface area (TPSA) is 61.4 Å². The maximum Gasteiger partial charge on any atom is 0.418 e. The third-order valence-corrected chi connectivity index (χ3v) is 5.18. The molecule has 0 spiro atoms. The SMILES string of the molecule is Cc1cc(N2CC3CC(C2)N3C(=O)Nc2ccccc2C(F)(F)F)nc(C)n1. The zero-order valence-electron chi connectivity index (χ0n) is 15.5. The van der Waals surface area contributed by atoms with Crippen molar-refractivity contribution in [2.24, 2.45) is 0 Å². The van der Waals surface area contributed by atoms with Gasteiger partial charge in [-0.2, -0.15) is 13.2 Å². The van der Waals surface area contributed by atoms with Gasteiger partial charge in [-0.05, 0) is 32.4 Å². The summed E-state index contributed by atoms with van der Waals surface area (Å²) < 4.78 is 39.4. The Balaban J connectivity index is 1.46. The van der Waals surface area contributed by atoms with Crippen LogP contribution in [-0.4, -0.2) is 46.1 Å². The Bertz CT molecular complexity index is 884. The van der Waals surface area contributed by atoms with Gasteiger partial charge in [-0.3, -0.25) is 0 Å². The quantitative estimate of drug-likeness (QED) is 0.850. The van der Waals surface area contributed by atoms with Crippen LogP contribution in [0.25, 0.3) is 0 Å². The minimum absolute atomic E-state index is 0.0487. The van der Waals surface area contributed by atoms with Crippen molar-refractivity contribution in [2.75, 3.05) is 23.3 Å². The number of piperidine rings is 1. The number of benzene rings is 1. The molecular formula is C19H20F3N5O. The normalized spacial score (nSPS) is 21.3. The minimum atomic E-state index is -4.52. The summed E-state index contributed by atoms with van der Waals surface area (Å²) in [5, 5.41) is 2.44. The standard InChI is InChI=1S/C19H20F3N5O/c1-11-7-17(24-12(2)23-11)26-9-13-8-14(10-26)27(13)18(28)25-16-6-4-3-5-15(16)19(20,21)22/h3-7,13-14H,8-10H2,1-2H3,(H,25,28). The first-order valence-corrected chi connectivity index (χ1v) is 9.05. The molecule has 4 heterocycles. The fraction of sp³-hybridized carbons (Fsp3) is 0.421. The number of rotatable bonds is 2. The summed E-state index contributed by atoms with van der Waals surface area (Å²) in [6.45, 7) is 4.93. The van der Waals surface area contributed by atoms with Crippen LogP contribution in [0.1, 0.15) is 23.5 Å². The molecule has 3 aliphatic rings. The van der Waals surface area contributed by atoms with E-state index >= 15 is 0 Å². The number of nitrogens with zero attached hydrogens (tertiary/aromatic N) is 4. The van der Waals surface area contributed by atoms with E-state index < -0.39 is 17.8 Å². The van der Waals surface area contributed by atoms with Crippen molar-refractivity contribution >= 4 is 17.5 Å². The van der Waals surface area contributed by atoms with Gasteiger partial charge >= 0.3 is 12.2 Å². The van der Waals surface area contributed by atoms with Crippen molar-refractivity contribution in [3.63, 3.8) is 0 Å². The molecule has 9 heteroatoms. The van der Waals surface area contributed by atoms with Gasteiger partial charge in [-0.1, -0.05) is 12.1 Å². The molecule has 2 unspecified atom stereocenters. The van der Waals surface area contributed by atoms with Crippen molar-refractivity contribution in [1.82, 2.24) is 14.9 Å². The first kappa shape index (κ1) is 18.5. The van der Waals surface area contributed by atoms with Crippen LogP contribution in [0.4, 0.5) is 29.5 Å². The average Bonchev–Trinajstić information content (AvgIpc) is 2.60. The third-order valence-electron chi connectivity index (χ3n) is 5.18. The molecule has 5 rings (SSSR count). The summed E-state index contributed by atoms with van der Waals surface area (Å²) in [6, 6.07) is 6.33. The van der Waals surface area contributed by atoms with Gasteiger partial charge in [-0.15, -0.1) is 0 Å². The number of aromatic nitrogens is 2. The highest BCUT2D eigenvalue weighted by molar-refractivity contribution is 5.91. The van der Waals surface area contributed by atoms with Crippen LogP contribution >= 0.6 is 0 Å². The largest absolute Gasteiger partial charge is 0.418 e. The number of hydrogen-bond acceptors (Lipinski definition) is 4. The second kappa shape index (κ2) is 6.65. The van der Waals surface area contributed by atoms with Crippen molar-refractivity contribution in [1.29, 1.82) is 0 Å². The number of nitrogens with one attached hydrogen (secondary N) is 1. The number of anilines is 2. The maximum atomic E-state index is 13.1. The van der Waals surface area contributed by atoms with E-state index in [1.807, 2.05) is 19.9 Å². The predicted octanol–water partition coefficient (Wildman–Crippen LogP) is 3.61. The summed E-state index contributed by atoms with van der Waals surface area (Å²) >= 11 is 0. The minimum Gasteiger partial charge on any atom is -0.352 e. The number of para-hydroxylation sites is 1. The van der Waals surface area contributed by atoms with Gasteiger partial charge in [0, 0.05) is 24.8 Å². The number of aryl methyl sites for hydroxylation is 2. The number of amides is 2. The first-order chi connectivity index (χ1) is 13.2. The van der Waals surface area contributed by atoms with Crippen molar-refractivity contribution in [2.45, 2.75) is 38.5 Å². The second-order valence-corrected chi connectivity index (χ2v) is 7.24. The average molecular weight is 391 g/mol. The molecule has 6 nitrogen and oxygen atoms in total. The molecular weight excluding hydrogens is 371 g/mol. The zero-order valence-corrected chi connectivity index (χ0v) is 15.5. The second-order valence-electron chi connectivity index (χ2n) is 7.24. The van der Waals surface area contributed by atoms with Crippen LogP contribution in [0.2, 0.25) is 0 Å². The molecule has 2 aromatic rings. The molecule has 28 heavy (non-hydrogen) atoms. The number of alkyl halides is 3. The first-order valence-electron chi connectivity index (χ1n) is 9.05. The summed E-state index contributed by atoms with van der Waals surface area (Å²) in [5.41, 5.74) is -0.188. The summed E-state index contributed by atoms with van der Waals surface area (Å²) in [6.07, 6.45) is -3.68. The lowest BCUT2D eigenvalue weighted by Crippen LogP contribution is -2.71. The monoisotopic (exact) mass is 391 g/mol. The van der Waals surface area contributed by atoms with Gasteiger partial charge in [0.15, 0.2) is 0 Å². The third kappa shape index (κ3) is 3.36. The summed E-state index contributed by atoms with van der Waals surface area (Å²) in [7, 11) is 0. The number of carbonyl (C=O) groups excluding carboxylic acids is 1. The van der Waals surface area contributed by atoms with E-state index in [0.717, 1.165) is 24.0 Å². The fourth-order valence-corrected chi connectivity index (χ4v) is 4.01. The number of urea groups is 1. The van der Waals surface area contributed by atoms with E-state index in [2.05, 4.69) is 20.2 Å². The lowest BCUT2D eigenvalue weighted by atomic mass is 9.88. The van der Waals surface area contributed by atoms with E-state index in [9.17, 15) is 18.0 Å². The highest BCUT2D eigenvalue weighted by Gasteiger charge is 2.48. The van der Waals surface area contributed by atoms with E-state index in [4.69, 9.17) is 0 Å². The van der Waals surface area contributed by atoms with Gasteiger partial charge in [-0.25, -0.2) is 14.8 Å². The molecule has 3 fully saturated rings. The van der Waals surface area contributed by atoms with Gasteiger partial charge in [0.1, 0.15) is 11.6 Å². The molecule has 2 atom stereocenters. The Hall–Kier alpha value is -2.84. The van der Waals surface area contributed by atoms with Gasteiger partial charge in [0.2, 0.25) is 0 Å². The molecule has 0 radical (unpaired) electrons. The maximum absolute atomic E-state index is 13.1. The van der Waals surface area contributed by atoms with Crippen LogP contribution in [0.3, 0.4) is 0 Å². The molecule has 0 saturated carbocycles. The van der Waals surface area contributed by atoms with Crippen LogP contribution < -0.4 is 10.2 Å². The number of fused-ring (bicyclic) bond motifs is 2.